The van der Waals surface area contributed by atoms with Crippen molar-refractivity contribution in [3.8, 4) is 0 Å². The maximum atomic E-state index is 6.07. The van der Waals surface area contributed by atoms with Gasteiger partial charge in [-0.25, -0.2) is 4.98 Å². The van der Waals surface area contributed by atoms with Gasteiger partial charge in [-0.15, -0.1) is 0 Å². The van der Waals surface area contributed by atoms with Gasteiger partial charge in [0, 0.05) is 12.5 Å². The molecule has 1 aromatic heterocycles. The molecule has 0 amide bonds. The van der Waals surface area contributed by atoms with Crippen molar-refractivity contribution < 1.29 is 0 Å². The number of fused-ring (bicyclic) bond motifs is 1. The lowest BCUT2D eigenvalue weighted by molar-refractivity contribution is 0.582. The van der Waals surface area contributed by atoms with E-state index in [1.807, 2.05) is 18.2 Å². The number of nitrogen functional groups attached to an aromatic ring is 1. The summed E-state index contributed by atoms with van der Waals surface area (Å²) in [4.78, 5) is 4.79. The van der Waals surface area contributed by atoms with Gasteiger partial charge in [0.05, 0.1) is 11.2 Å². The molecule has 2 aromatic carbocycles. The van der Waals surface area contributed by atoms with Crippen LogP contribution in [-0.4, -0.2) is 9.55 Å². The van der Waals surface area contributed by atoms with Gasteiger partial charge in [-0.3, -0.25) is 0 Å². The average Bonchev–Trinajstić information content (AvgIpc) is 2.86. The molecule has 2 N–H and O–H groups in total. The molecule has 108 valence electrons. The zero-order chi connectivity index (χ0) is 14.8. The molecule has 1 heterocycles. The highest BCUT2D eigenvalue weighted by molar-refractivity contribution is 5.87. The summed E-state index contributed by atoms with van der Waals surface area (Å²) in [5.41, 5.74) is 10.2. The van der Waals surface area contributed by atoms with Gasteiger partial charge >= 0.3 is 0 Å². The number of imidazole rings is 1. The van der Waals surface area contributed by atoms with Crippen LogP contribution in [0.2, 0.25) is 0 Å². The van der Waals surface area contributed by atoms with Gasteiger partial charge < -0.3 is 10.3 Å². The number of nitrogens with two attached hydrogens (primary N) is 1. The van der Waals surface area contributed by atoms with E-state index in [4.69, 9.17) is 10.7 Å². The molecule has 3 aromatic rings. The number of anilines is 1. The Hall–Kier alpha value is -2.29. The number of hydrogen-bond donors (Lipinski definition) is 1. The first kappa shape index (κ1) is 13.7. The van der Waals surface area contributed by atoms with Crippen LogP contribution in [0.3, 0.4) is 0 Å². The third-order valence-electron chi connectivity index (χ3n) is 3.82. The number of aryl methyl sites for hydroxylation is 2. The van der Waals surface area contributed by atoms with Gasteiger partial charge in [-0.1, -0.05) is 36.4 Å². The molecule has 0 spiro atoms. The van der Waals surface area contributed by atoms with Gasteiger partial charge in [0.2, 0.25) is 0 Å². The minimum Gasteiger partial charge on any atom is -0.397 e. The molecule has 21 heavy (non-hydrogen) atoms. The first-order valence-corrected chi connectivity index (χ1v) is 7.46. The van der Waals surface area contributed by atoms with E-state index >= 15 is 0 Å². The van der Waals surface area contributed by atoms with E-state index in [0.29, 0.717) is 6.04 Å². The summed E-state index contributed by atoms with van der Waals surface area (Å²) in [6.07, 6.45) is 1.92. The van der Waals surface area contributed by atoms with Crippen molar-refractivity contribution in [2.45, 2.75) is 32.7 Å². The van der Waals surface area contributed by atoms with Crippen molar-refractivity contribution in [2.24, 2.45) is 0 Å². The molecule has 0 saturated carbocycles. The van der Waals surface area contributed by atoms with Crippen molar-refractivity contribution in [3.63, 3.8) is 0 Å². The fraction of sp³-hybridized carbons (Fsp3) is 0.278. The fourth-order valence-electron chi connectivity index (χ4n) is 2.84. The minimum atomic E-state index is 0.377. The number of nitrogens with zero attached hydrogens (tertiary/aromatic N) is 2. The summed E-state index contributed by atoms with van der Waals surface area (Å²) < 4.78 is 2.30. The van der Waals surface area contributed by atoms with Gasteiger partial charge in [-0.2, -0.15) is 0 Å². The first-order chi connectivity index (χ1) is 10.2. The highest BCUT2D eigenvalue weighted by Crippen LogP contribution is 2.25. The summed E-state index contributed by atoms with van der Waals surface area (Å²) in [6.45, 7) is 4.38. The molecule has 0 unspecified atom stereocenters. The fourth-order valence-corrected chi connectivity index (χ4v) is 2.84. The predicted molar refractivity (Wildman–Crippen MR) is 88.4 cm³/mol. The quantitative estimate of drug-likeness (QED) is 0.734. The summed E-state index contributed by atoms with van der Waals surface area (Å²) in [5.74, 6) is 1.11. The van der Waals surface area contributed by atoms with Crippen LogP contribution >= 0.6 is 0 Å². The summed E-state index contributed by atoms with van der Waals surface area (Å²) >= 11 is 0. The monoisotopic (exact) mass is 279 g/mol. The molecular formula is C18H21N3. The molecule has 0 aliphatic carbocycles. The topological polar surface area (TPSA) is 43.8 Å². The Labute approximate surface area is 125 Å². The second kappa shape index (κ2) is 5.60. The van der Waals surface area contributed by atoms with E-state index in [-0.39, 0.29) is 0 Å². The lowest BCUT2D eigenvalue weighted by Gasteiger charge is -2.13. The second-order valence-corrected chi connectivity index (χ2v) is 5.69. The van der Waals surface area contributed by atoms with Crippen molar-refractivity contribution >= 4 is 16.7 Å². The molecule has 0 bridgehead atoms. The lowest BCUT2D eigenvalue weighted by Crippen LogP contribution is -2.07. The summed E-state index contributed by atoms with van der Waals surface area (Å²) in [5, 5.41) is 0. The van der Waals surface area contributed by atoms with Gasteiger partial charge in [0.1, 0.15) is 11.3 Å². The molecule has 0 aliphatic rings. The normalized spacial score (nSPS) is 11.4. The molecule has 0 atom stereocenters. The molecule has 0 radical (unpaired) electrons. The highest BCUT2D eigenvalue weighted by atomic mass is 15.1. The Morgan fingerprint density at radius 2 is 1.76 bits per heavy atom. The standard InChI is InChI=1S/C18H21N3/c1-13(2)21-16-10-6-9-15(19)18(16)20-17(21)12-11-14-7-4-3-5-8-14/h3-10,13H,11-12,19H2,1-2H3. The molecule has 3 rings (SSSR count). The van der Waals surface area contributed by atoms with Crippen molar-refractivity contribution in [1.82, 2.24) is 9.55 Å². The summed E-state index contributed by atoms with van der Waals surface area (Å²) in [6, 6.07) is 16.9. The zero-order valence-electron chi connectivity index (χ0n) is 12.6. The van der Waals surface area contributed by atoms with Crippen LogP contribution in [0.1, 0.15) is 31.3 Å². The first-order valence-electron chi connectivity index (χ1n) is 7.46. The van der Waals surface area contributed by atoms with Gasteiger partial charge in [0.25, 0.3) is 0 Å². The number of aromatic nitrogens is 2. The third-order valence-corrected chi connectivity index (χ3v) is 3.82. The van der Waals surface area contributed by atoms with Crippen LogP contribution in [0.5, 0.6) is 0 Å². The Balaban J connectivity index is 1.98. The zero-order valence-corrected chi connectivity index (χ0v) is 12.6. The van der Waals surface area contributed by atoms with E-state index in [0.717, 1.165) is 35.4 Å². The largest absolute Gasteiger partial charge is 0.397 e. The lowest BCUT2D eigenvalue weighted by atomic mass is 10.1. The summed E-state index contributed by atoms with van der Waals surface area (Å²) in [7, 11) is 0. The van der Waals surface area contributed by atoms with Crippen LogP contribution in [0.15, 0.2) is 48.5 Å². The van der Waals surface area contributed by atoms with Crippen LogP contribution < -0.4 is 5.73 Å². The van der Waals surface area contributed by atoms with Crippen LogP contribution in [-0.2, 0) is 12.8 Å². The number of hydrogen-bond acceptors (Lipinski definition) is 2. The minimum absolute atomic E-state index is 0.377. The van der Waals surface area contributed by atoms with Crippen LogP contribution in [0, 0.1) is 0 Å². The van der Waals surface area contributed by atoms with E-state index < -0.39 is 0 Å². The molecule has 0 fully saturated rings. The highest BCUT2D eigenvalue weighted by Gasteiger charge is 2.14. The number of para-hydroxylation sites is 1. The Bertz CT molecular complexity index is 742. The maximum absolute atomic E-state index is 6.07. The van der Waals surface area contributed by atoms with Crippen molar-refractivity contribution in [3.05, 3.63) is 59.9 Å². The Morgan fingerprint density at radius 3 is 2.48 bits per heavy atom. The molecule has 0 aliphatic heterocycles. The van der Waals surface area contributed by atoms with Crippen molar-refractivity contribution in [1.29, 1.82) is 0 Å². The van der Waals surface area contributed by atoms with Crippen LogP contribution in [0.4, 0.5) is 5.69 Å². The Kier molecular flexibility index (Phi) is 3.65. The molecule has 3 heteroatoms. The van der Waals surface area contributed by atoms with Gasteiger partial charge in [0.15, 0.2) is 0 Å². The van der Waals surface area contributed by atoms with E-state index in [9.17, 15) is 0 Å². The van der Waals surface area contributed by atoms with Gasteiger partial charge in [-0.05, 0) is 38.0 Å². The second-order valence-electron chi connectivity index (χ2n) is 5.69. The molecule has 3 nitrogen and oxygen atoms in total. The van der Waals surface area contributed by atoms with E-state index in [1.54, 1.807) is 0 Å². The number of benzene rings is 2. The average molecular weight is 279 g/mol. The smallest absolute Gasteiger partial charge is 0.112 e. The molecule has 0 saturated heterocycles. The van der Waals surface area contributed by atoms with E-state index in [1.165, 1.54) is 5.56 Å². The van der Waals surface area contributed by atoms with Crippen molar-refractivity contribution in [2.75, 3.05) is 5.73 Å². The third kappa shape index (κ3) is 2.64. The SMILES string of the molecule is CC(C)n1c(CCc2ccccc2)nc2c(N)cccc21. The Morgan fingerprint density at radius 1 is 1.00 bits per heavy atom. The predicted octanol–water partition coefficient (Wildman–Crippen LogP) is 3.98. The number of rotatable bonds is 4. The molecular weight excluding hydrogens is 258 g/mol. The van der Waals surface area contributed by atoms with E-state index in [2.05, 4.69) is 48.7 Å². The maximum Gasteiger partial charge on any atom is 0.112 e. The van der Waals surface area contributed by atoms with Crippen LogP contribution in [0.25, 0.3) is 11.0 Å².